The number of amides is 1. The predicted octanol–water partition coefficient (Wildman–Crippen LogP) is 3.86. The molecule has 138 valence electrons. The number of rotatable bonds is 8. The number of benzene rings is 1. The molecule has 26 heavy (non-hydrogen) atoms. The second-order valence-electron chi connectivity index (χ2n) is 6.38. The Morgan fingerprint density at radius 1 is 1.19 bits per heavy atom. The molecule has 6 heteroatoms. The fraction of sp³-hybridized carbons (Fsp3) is 0.350. The summed E-state index contributed by atoms with van der Waals surface area (Å²) in [6, 6.07) is 11.3. The molecule has 0 saturated heterocycles. The topological polar surface area (TPSA) is 68.3 Å². The van der Waals surface area contributed by atoms with E-state index in [1.807, 2.05) is 31.2 Å². The minimum atomic E-state index is -0.549. The van der Waals surface area contributed by atoms with Crippen LogP contribution in [-0.2, 0) is 9.53 Å². The molecule has 2 rings (SSSR count). The number of nitrogens with one attached hydrogen (secondary N) is 1. The van der Waals surface area contributed by atoms with Crippen LogP contribution in [0.3, 0.4) is 0 Å². The molecule has 5 nitrogen and oxygen atoms in total. The van der Waals surface area contributed by atoms with Crippen molar-refractivity contribution in [2.45, 2.75) is 37.1 Å². The monoisotopic (exact) mass is 372 g/mol. The van der Waals surface area contributed by atoms with Crippen molar-refractivity contribution >= 4 is 23.6 Å². The number of nitrogens with zero attached hydrogens (tertiary/aromatic N) is 1. The van der Waals surface area contributed by atoms with E-state index in [-0.39, 0.29) is 12.5 Å². The number of aryl methyl sites for hydroxylation is 1. The van der Waals surface area contributed by atoms with Gasteiger partial charge in [0.05, 0.1) is 5.56 Å². The van der Waals surface area contributed by atoms with E-state index in [0.29, 0.717) is 23.1 Å². The van der Waals surface area contributed by atoms with Gasteiger partial charge < -0.3 is 10.1 Å². The van der Waals surface area contributed by atoms with Crippen molar-refractivity contribution in [3.05, 3.63) is 53.7 Å². The summed E-state index contributed by atoms with van der Waals surface area (Å²) in [6.45, 7) is 6.48. The van der Waals surface area contributed by atoms with Crippen LogP contribution in [0.1, 0.15) is 36.2 Å². The van der Waals surface area contributed by atoms with E-state index in [1.165, 1.54) is 17.3 Å². The van der Waals surface area contributed by atoms with Gasteiger partial charge in [0.15, 0.2) is 6.61 Å². The highest BCUT2D eigenvalue weighted by atomic mass is 32.2. The third-order valence-corrected chi connectivity index (χ3v) is 4.63. The minimum absolute atomic E-state index is 0.291. The first-order valence-corrected chi connectivity index (χ1v) is 9.40. The van der Waals surface area contributed by atoms with E-state index < -0.39 is 5.97 Å². The summed E-state index contributed by atoms with van der Waals surface area (Å²) in [6.07, 6.45) is 2.52. The van der Waals surface area contributed by atoms with Crippen LogP contribution in [0.15, 0.2) is 52.5 Å². The lowest BCUT2D eigenvalue weighted by Crippen LogP contribution is -2.30. The van der Waals surface area contributed by atoms with Crippen molar-refractivity contribution < 1.29 is 14.3 Å². The minimum Gasteiger partial charge on any atom is -0.452 e. The zero-order valence-corrected chi connectivity index (χ0v) is 16.1. The maximum atomic E-state index is 12.3. The van der Waals surface area contributed by atoms with Gasteiger partial charge in [-0.1, -0.05) is 43.3 Å². The highest BCUT2D eigenvalue weighted by Gasteiger charge is 2.16. The smallest absolute Gasteiger partial charge is 0.341 e. The second-order valence-corrected chi connectivity index (χ2v) is 7.44. The van der Waals surface area contributed by atoms with Gasteiger partial charge in [-0.25, -0.2) is 9.78 Å². The van der Waals surface area contributed by atoms with Crippen LogP contribution in [0.25, 0.3) is 0 Å². The Morgan fingerprint density at radius 3 is 2.62 bits per heavy atom. The summed E-state index contributed by atoms with van der Waals surface area (Å²) in [5.41, 5.74) is 1.52. The van der Waals surface area contributed by atoms with E-state index >= 15 is 0 Å². The summed E-state index contributed by atoms with van der Waals surface area (Å²) < 4.78 is 5.14. The van der Waals surface area contributed by atoms with Crippen molar-refractivity contribution in [2.75, 3.05) is 13.2 Å². The van der Waals surface area contributed by atoms with Crippen LogP contribution in [0, 0.1) is 12.8 Å². The standard InChI is InChI=1S/C20H24N2O3S/c1-14(2)10-12-21-18(23)13-25-20(24)17-5-4-11-22-19(17)26-16-8-6-15(3)7-9-16/h4-9,11,14H,10,12-13H2,1-3H3,(H,21,23). The summed E-state index contributed by atoms with van der Waals surface area (Å²) in [4.78, 5) is 29.4. The molecule has 1 N–H and O–H groups in total. The molecule has 0 aliphatic rings. The Hall–Kier alpha value is -2.34. The lowest BCUT2D eigenvalue weighted by molar-refractivity contribution is -0.124. The van der Waals surface area contributed by atoms with Crippen LogP contribution >= 0.6 is 11.8 Å². The number of carbonyl (C=O) groups excluding carboxylic acids is 2. The Bertz CT molecular complexity index is 745. The second kappa shape index (κ2) is 9.97. The molecule has 2 aromatic rings. The third-order valence-electron chi connectivity index (χ3n) is 3.60. The van der Waals surface area contributed by atoms with E-state index in [1.54, 1.807) is 18.3 Å². The van der Waals surface area contributed by atoms with Crippen LogP contribution in [-0.4, -0.2) is 30.0 Å². The van der Waals surface area contributed by atoms with Crippen molar-refractivity contribution in [2.24, 2.45) is 5.92 Å². The number of pyridine rings is 1. The molecule has 0 saturated carbocycles. The molecule has 1 aromatic heterocycles. The summed E-state index contributed by atoms with van der Waals surface area (Å²) in [5, 5.41) is 3.30. The third kappa shape index (κ3) is 6.52. The highest BCUT2D eigenvalue weighted by Crippen LogP contribution is 2.29. The average molecular weight is 372 g/mol. The zero-order valence-electron chi connectivity index (χ0n) is 15.3. The Kier molecular flexibility index (Phi) is 7.66. The number of aromatic nitrogens is 1. The summed E-state index contributed by atoms with van der Waals surface area (Å²) in [5.74, 6) is -0.336. The lowest BCUT2D eigenvalue weighted by Gasteiger charge is -2.10. The number of ether oxygens (including phenoxy) is 1. The zero-order chi connectivity index (χ0) is 18.9. The normalized spacial score (nSPS) is 10.6. The van der Waals surface area contributed by atoms with Gasteiger partial charge in [0.2, 0.25) is 0 Å². The molecule has 0 unspecified atom stereocenters. The number of hydrogen-bond donors (Lipinski definition) is 1. The molecule has 0 bridgehead atoms. The molecule has 1 aromatic carbocycles. The van der Waals surface area contributed by atoms with Crippen molar-refractivity contribution in [3.8, 4) is 0 Å². The lowest BCUT2D eigenvalue weighted by atomic mass is 10.1. The van der Waals surface area contributed by atoms with E-state index in [4.69, 9.17) is 4.74 Å². The van der Waals surface area contributed by atoms with Gasteiger partial charge in [-0.05, 0) is 43.5 Å². The molecule has 0 aliphatic heterocycles. The van der Waals surface area contributed by atoms with Gasteiger partial charge in [-0.2, -0.15) is 0 Å². The summed E-state index contributed by atoms with van der Waals surface area (Å²) in [7, 11) is 0. The summed E-state index contributed by atoms with van der Waals surface area (Å²) >= 11 is 1.39. The van der Waals surface area contributed by atoms with Crippen LogP contribution < -0.4 is 5.32 Å². The Balaban J connectivity index is 1.94. The van der Waals surface area contributed by atoms with Crippen molar-refractivity contribution in [3.63, 3.8) is 0 Å². The highest BCUT2D eigenvalue weighted by molar-refractivity contribution is 7.99. The van der Waals surface area contributed by atoms with Gasteiger partial charge in [0.1, 0.15) is 5.03 Å². The van der Waals surface area contributed by atoms with Crippen molar-refractivity contribution in [1.29, 1.82) is 0 Å². The SMILES string of the molecule is Cc1ccc(Sc2ncccc2C(=O)OCC(=O)NCCC(C)C)cc1. The van der Waals surface area contributed by atoms with E-state index in [9.17, 15) is 9.59 Å². The number of esters is 1. The van der Waals surface area contributed by atoms with Crippen molar-refractivity contribution in [1.82, 2.24) is 10.3 Å². The van der Waals surface area contributed by atoms with Gasteiger partial charge in [0, 0.05) is 17.6 Å². The van der Waals surface area contributed by atoms with Gasteiger partial charge in [0.25, 0.3) is 5.91 Å². The molecule has 1 amide bonds. The molecule has 0 spiro atoms. The predicted molar refractivity (Wildman–Crippen MR) is 102 cm³/mol. The first-order valence-electron chi connectivity index (χ1n) is 8.59. The molecule has 0 radical (unpaired) electrons. The van der Waals surface area contributed by atoms with E-state index in [2.05, 4.69) is 24.1 Å². The molecule has 1 heterocycles. The van der Waals surface area contributed by atoms with Crippen LogP contribution in [0.2, 0.25) is 0 Å². The Morgan fingerprint density at radius 2 is 1.92 bits per heavy atom. The largest absolute Gasteiger partial charge is 0.452 e. The van der Waals surface area contributed by atoms with E-state index in [0.717, 1.165) is 11.3 Å². The molecular weight excluding hydrogens is 348 g/mol. The van der Waals surface area contributed by atoms with Gasteiger partial charge in [-0.3, -0.25) is 4.79 Å². The average Bonchev–Trinajstić information content (AvgIpc) is 2.62. The van der Waals surface area contributed by atoms with Crippen LogP contribution in [0.5, 0.6) is 0 Å². The Labute approximate surface area is 158 Å². The maximum absolute atomic E-state index is 12.3. The molecule has 0 fully saturated rings. The molecular formula is C20H24N2O3S. The fourth-order valence-corrected chi connectivity index (χ4v) is 2.98. The quantitative estimate of drug-likeness (QED) is 0.713. The first-order chi connectivity index (χ1) is 12.5. The van der Waals surface area contributed by atoms with Crippen LogP contribution in [0.4, 0.5) is 0 Å². The molecule has 0 atom stereocenters. The number of hydrogen-bond acceptors (Lipinski definition) is 5. The van der Waals surface area contributed by atoms with Gasteiger partial charge in [-0.15, -0.1) is 0 Å². The fourth-order valence-electron chi connectivity index (χ4n) is 2.11. The maximum Gasteiger partial charge on any atom is 0.341 e. The number of carbonyl (C=O) groups is 2. The van der Waals surface area contributed by atoms with Gasteiger partial charge >= 0.3 is 5.97 Å². The molecule has 0 aliphatic carbocycles. The first kappa shape index (κ1) is 20.0.